The fourth-order valence-corrected chi connectivity index (χ4v) is 3.12. The monoisotopic (exact) mass is 258 g/mol. The highest BCUT2D eigenvalue weighted by molar-refractivity contribution is 7.98. The normalized spacial score (nSPS) is 19.2. The number of hydrogen-bond donors (Lipinski definition) is 0. The van der Waals surface area contributed by atoms with Gasteiger partial charge in [0.15, 0.2) is 0 Å². The first-order chi connectivity index (χ1) is 8.10. The van der Waals surface area contributed by atoms with Crippen molar-refractivity contribution in [3.63, 3.8) is 0 Å². The summed E-state index contributed by atoms with van der Waals surface area (Å²) < 4.78 is 0. The quantitative estimate of drug-likeness (QED) is 0.774. The maximum Gasteiger partial charge on any atom is 0.320 e. The van der Waals surface area contributed by atoms with Crippen molar-refractivity contribution < 1.29 is 4.79 Å². The van der Waals surface area contributed by atoms with Gasteiger partial charge in [0.25, 0.3) is 0 Å². The predicted octanol–water partition coefficient (Wildman–Crippen LogP) is 2.91. The lowest BCUT2D eigenvalue weighted by Gasteiger charge is -2.36. The van der Waals surface area contributed by atoms with Crippen LogP contribution in [-0.4, -0.2) is 54.0 Å². The molecule has 1 aliphatic rings. The van der Waals surface area contributed by atoms with Gasteiger partial charge in [-0.1, -0.05) is 13.8 Å². The summed E-state index contributed by atoms with van der Waals surface area (Å²) in [5.41, 5.74) is 0. The molecule has 3 nitrogen and oxygen atoms in total. The molecule has 1 unspecified atom stereocenters. The van der Waals surface area contributed by atoms with Crippen LogP contribution < -0.4 is 0 Å². The lowest BCUT2D eigenvalue weighted by molar-refractivity contribution is 0.131. The molecular formula is C13H26N2OS. The molecule has 0 N–H and O–H groups in total. The third-order valence-corrected chi connectivity index (χ3v) is 4.45. The minimum Gasteiger partial charge on any atom is -0.325 e. The molecule has 1 fully saturated rings. The third kappa shape index (κ3) is 4.09. The predicted molar refractivity (Wildman–Crippen MR) is 75.6 cm³/mol. The van der Waals surface area contributed by atoms with E-state index in [2.05, 4.69) is 20.1 Å². The Kier molecular flexibility index (Phi) is 6.17. The number of amides is 2. The van der Waals surface area contributed by atoms with E-state index >= 15 is 0 Å². The second kappa shape index (κ2) is 7.14. The van der Waals surface area contributed by atoms with E-state index in [1.165, 1.54) is 0 Å². The average molecular weight is 258 g/mol. The van der Waals surface area contributed by atoms with Crippen LogP contribution in [0.25, 0.3) is 0 Å². The standard InChI is InChI=1S/C13H26N2OS/c1-5-12(10-17-4)14(3)13(16)15-8-6-11(2)7-9-15/h11-12H,5-10H2,1-4H3. The SMILES string of the molecule is CCC(CSC)N(C)C(=O)N1CCC(C)CC1. The highest BCUT2D eigenvalue weighted by Gasteiger charge is 2.25. The number of rotatable bonds is 4. The Bertz CT molecular complexity index is 240. The van der Waals surface area contributed by atoms with Gasteiger partial charge >= 0.3 is 6.03 Å². The van der Waals surface area contributed by atoms with Gasteiger partial charge in [0, 0.05) is 31.9 Å². The second-order valence-electron chi connectivity index (χ2n) is 5.08. The number of likely N-dealkylation sites (tertiary alicyclic amines) is 1. The van der Waals surface area contributed by atoms with Gasteiger partial charge in [-0.3, -0.25) is 0 Å². The molecule has 0 bridgehead atoms. The minimum atomic E-state index is 0.220. The van der Waals surface area contributed by atoms with E-state index in [1.807, 2.05) is 28.6 Å². The summed E-state index contributed by atoms with van der Waals surface area (Å²) in [7, 11) is 1.95. The first-order valence-corrected chi connectivity index (χ1v) is 8.00. The van der Waals surface area contributed by atoms with Crippen LogP contribution in [0.3, 0.4) is 0 Å². The Morgan fingerprint density at radius 3 is 2.53 bits per heavy atom. The molecule has 0 saturated carbocycles. The van der Waals surface area contributed by atoms with Gasteiger partial charge in [0.2, 0.25) is 0 Å². The van der Waals surface area contributed by atoms with E-state index in [0.29, 0.717) is 6.04 Å². The van der Waals surface area contributed by atoms with Gasteiger partial charge in [0.05, 0.1) is 0 Å². The molecule has 0 aliphatic carbocycles. The molecule has 1 aliphatic heterocycles. The number of carbonyl (C=O) groups excluding carboxylic acids is 1. The zero-order valence-electron chi connectivity index (χ0n) is 11.6. The lowest BCUT2D eigenvalue weighted by atomic mass is 9.99. The Hall–Kier alpha value is -0.380. The Labute approximate surface area is 110 Å². The lowest BCUT2D eigenvalue weighted by Crippen LogP contribution is -2.49. The van der Waals surface area contributed by atoms with Crippen LogP contribution in [0, 0.1) is 5.92 Å². The van der Waals surface area contributed by atoms with Crippen LogP contribution in [0.1, 0.15) is 33.1 Å². The summed E-state index contributed by atoms with van der Waals surface area (Å²) >= 11 is 1.81. The van der Waals surface area contributed by atoms with Crippen molar-refractivity contribution in [2.75, 3.05) is 32.1 Å². The highest BCUT2D eigenvalue weighted by Crippen LogP contribution is 2.18. The fourth-order valence-electron chi connectivity index (χ4n) is 2.28. The summed E-state index contributed by atoms with van der Waals surface area (Å²) in [6.07, 6.45) is 5.44. The van der Waals surface area contributed by atoms with Gasteiger partial charge in [-0.25, -0.2) is 4.79 Å². The first-order valence-electron chi connectivity index (χ1n) is 6.60. The summed E-state index contributed by atoms with van der Waals surface area (Å²) in [6, 6.07) is 0.592. The summed E-state index contributed by atoms with van der Waals surface area (Å²) in [6.45, 7) is 6.29. The number of nitrogens with zero attached hydrogens (tertiary/aromatic N) is 2. The van der Waals surface area contributed by atoms with Crippen LogP contribution in [0.4, 0.5) is 4.79 Å². The molecule has 0 spiro atoms. The topological polar surface area (TPSA) is 23.6 Å². The van der Waals surface area contributed by atoms with Crippen molar-refractivity contribution in [2.24, 2.45) is 5.92 Å². The Morgan fingerprint density at radius 1 is 1.47 bits per heavy atom. The van der Waals surface area contributed by atoms with Crippen molar-refractivity contribution >= 4 is 17.8 Å². The van der Waals surface area contributed by atoms with Crippen molar-refractivity contribution in [1.82, 2.24) is 9.80 Å². The minimum absolute atomic E-state index is 0.220. The van der Waals surface area contributed by atoms with E-state index < -0.39 is 0 Å². The maximum atomic E-state index is 12.3. The van der Waals surface area contributed by atoms with Gasteiger partial charge in [0.1, 0.15) is 0 Å². The molecule has 1 saturated heterocycles. The van der Waals surface area contributed by atoms with Gasteiger partial charge in [-0.05, 0) is 31.4 Å². The molecular weight excluding hydrogens is 232 g/mol. The third-order valence-electron chi connectivity index (χ3n) is 3.73. The van der Waals surface area contributed by atoms with Crippen LogP contribution in [0.5, 0.6) is 0 Å². The number of urea groups is 1. The molecule has 17 heavy (non-hydrogen) atoms. The van der Waals surface area contributed by atoms with E-state index in [0.717, 1.165) is 44.0 Å². The van der Waals surface area contributed by atoms with E-state index in [1.54, 1.807) is 0 Å². The van der Waals surface area contributed by atoms with Crippen LogP contribution in [0.15, 0.2) is 0 Å². The molecule has 0 aromatic heterocycles. The summed E-state index contributed by atoms with van der Waals surface area (Å²) in [5, 5.41) is 0. The molecule has 1 rings (SSSR count). The number of thioether (sulfide) groups is 1. The molecule has 2 amide bonds. The Morgan fingerprint density at radius 2 is 2.06 bits per heavy atom. The van der Waals surface area contributed by atoms with Crippen LogP contribution >= 0.6 is 11.8 Å². The second-order valence-corrected chi connectivity index (χ2v) is 5.99. The van der Waals surface area contributed by atoms with Crippen LogP contribution in [-0.2, 0) is 0 Å². The fraction of sp³-hybridized carbons (Fsp3) is 0.923. The van der Waals surface area contributed by atoms with Crippen molar-refractivity contribution in [3.8, 4) is 0 Å². The van der Waals surface area contributed by atoms with E-state index in [-0.39, 0.29) is 6.03 Å². The maximum absolute atomic E-state index is 12.3. The zero-order chi connectivity index (χ0) is 12.8. The summed E-state index contributed by atoms with van der Waals surface area (Å²) in [4.78, 5) is 16.3. The van der Waals surface area contributed by atoms with Gasteiger partial charge in [-0.15, -0.1) is 0 Å². The van der Waals surface area contributed by atoms with Gasteiger partial charge < -0.3 is 9.80 Å². The molecule has 4 heteroatoms. The molecule has 0 radical (unpaired) electrons. The molecule has 1 atom stereocenters. The largest absolute Gasteiger partial charge is 0.325 e. The first kappa shape index (κ1) is 14.7. The van der Waals surface area contributed by atoms with E-state index in [9.17, 15) is 4.79 Å². The molecule has 0 aromatic rings. The molecule has 100 valence electrons. The highest BCUT2D eigenvalue weighted by atomic mass is 32.2. The van der Waals surface area contributed by atoms with Crippen molar-refractivity contribution in [3.05, 3.63) is 0 Å². The van der Waals surface area contributed by atoms with Crippen molar-refractivity contribution in [2.45, 2.75) is 39.2 Å². The number of piperidine rings is 1. The van der Waals surface area contributed by atoms with Gasteiger partial charge in [-0.2, -0.15) is 11.8 Å². The van der Waals surface area contributed by atoms with Crippen LogP contribution in [0.2, 0.25) is 0 Å². The average Bonchev–Trinajstić information content (AvgIpc) is 2.35. The molecule has 1 heterocycles. The van der Waals surface area contributed by atoms with Crippen molar-refractivity contribution in [1.29, 1.82) is 0 Å². The zero-order valence-corrected chi connectivity index (χ0v) is 12.4. The summed E-state index contributed by atoms with van der Waals surface area (Å²) in [5.74, 6) is 1.81. The Balaban J connectivity index is 2.50. The smallest absolute Gasteiger partial charge is 0.320 e. The number of hydrogen-bond acceptors (Lipinski definition) is 2. The molecule has 0 aromatic carbocycles. The number of carbonyl (C=O) groups is 1. The van der Waals surface area contributed by atoms with E-state index in [4.69, 9.17) is 0 Å².